The van der Waals surface area contributed by atoms with Gasteiger partial charge in [-0.2, -0.15) is 13.2 Å². The van der Waals surface area contributed by atoms with E-state index in [1.807, 2.05) is 24.0 Å². The van der Waals surface area contributed by atoms with Gasteiger partial charge in [0.25, 0.3) is 5.91 Å². The van der Waals surface area contributed by atoms with Gasteiger partial charge >= 0.3 is 6.18 Å². The third-order valence-corrected chi connectivity index (χ3v) is 5.46. The van der Waals surface area contributed by atoms with Crippen molar-refractivity contribution in [1.82, 2.24) is 4.90 Å². The molecule has 120 valence electrons. The summed E-state index contributed by atoms with van der Waals surface area (Å²) in [5.74, 6) is -0.201. The predicted molar refractivity (Wildman–Crippen MR) is 82.8 cm³/mol. The molecule has 0 radical (unpaired) electrons. The van der Waals surface area contributed by atoms with Gasteiger partial charge in [-0.05, 0) is 43.8 Å². The summed E-state index contributed by atoms with van der Waals surface area (Å²) in [5, 5.41) is 0.286. The number of hydrogen-bond donors (Lipinski definition) is 0. The van der Waals surface area contributed by atoms with Crippen LogP contribution in [0.2, 0.25) is 0 Å². The Morgan fingerprint density at radius 3 is 2.70 bits per heavy atom. The Hall–Kier alpha value is -1.89. The smallest absolute Gasteiger partial charge is 0.327 e. The Labute approximate surface area is 136 Å². The molecule has 2 bridgehead atoms. The highest BCUT2D eigenvalue weighted by Crippen LogP contribution is 2.50. The normalized spacial score (nSPS) is 32.2. The standard InChI is InChI=1S/C16H13F3N2OS/c1-15-9-5-6-12(7-9)21(15)14(23)20(13(15)22)11-4-2-3-10(8-11)16(17,18)19/h2-6,8-9,12H,7H2,1H3/t9?,12?,15-/m1/s1. The summed E-state index contributed by atoms with van der Waals surface area (Å²) in [5.41, 5.74) is -1.40. The average Bonchev–Trinajstić information content (AvgIpc) is 3.11. The summed E-state index contributed by atoms with van der Waals surface area (Å²) >= 11 is 5.43. The quantitative estimate of drug-likeness (QED) is 0.579. The van der Waals surface area contributed by atoms with Crippen LogP contribution >= 0.6 is 12.2 Å². The largest absolute Gasteiger partial charge is 0.416 e. The molecule has 4 rings (SSSR count). The van der Waals surface area contributed by atoms with Crippen molar-refractivity contribution in [2.24, 2.45) is 5.92 Å². The van der Waals surface area contributed by atoms with Crippen LogP contribution < -0.4 is 4.90 Å². The molecule has 2 aliphatic heterocycles. The maximum absolute atomic E-state index is 13.0. The molecule has 2 saturated heterocycles. The Balaban J connectivity index is 1.78. The summed E-state index contributed by atoms with van der Waals surface area (Å²) in [6.45, 7) is 1.82. The lowest BCUT2D eigenvalue weighted by atomic mass is 9.87. The van der Waals surface area contributed by atoms with Crippen molar-refractivity contribution in [1.29, 1.82) is 0 Å². The monoisotopic (exact) mass is 338 g/mol. The molecule has 0 saturated carbocycles. The summed E-state index contributed by atoms with van der Waals surface area (Å²) in [6.07, 6.45) is 0.402. The van der Waals surface area contributed by atoms with E-state index >= 15 is 0 Å². The lowest BCUT2D eigenvalue weighted by Crippen LogP contribution is -2.49. The zero-order valence-corrected chi connectivity index (χ0v) is 13.0. The fourth-order valence-corrected chi connectivity index (χ4v) is 4.40. The molecule has 1 amide bonds. The highest BCUT2D eigenvalue weighted by Gasteiger charge is 2.64. The van der Waals surface area contributed by atoms with Crippen molar-refractivity contribution in [3.8, 4) is 0 Å². The highest BCUT2D eigenvalue weighted by atomic mass is 32.1. The summed E-state index contributed by atoms with van der Waals surface area (Å²) < 4.78 is 38.8. The van der Waals surface area contributed by atoms with E-state index in [0.29, 0.717) is 0 Å². The van der Waals surface area contributed by atoms with Gasteiger partial charge in [0.15, 0.2) is 5.11 Å². The van der Waals surface area contributed by atoms with Gasteiger partial charge < -0.3 is 4.90 Å². The third-order valence-electron chi connectivity index (χ3n) is 5.08. The van der Waals surface area contributed by atoms with Crippen LogP contribution in [-0.4, -0.2) is 27.5 Å². The molecule has 7 heteroatoms. The molecule has 3 aliphatic rings. The zero-order chi connectivity index (χ0) is 16.6. The average molecular weight is 338 g/mol. The van der Waals surface area contributed by atoms with E-state index in [1.54, 1.807) is 0 Å². The van der Waals surface area contributed by atoms with Gasteiger partial charge in [-0.15, -0.1) is 0 Å². The SMILES string of the molecule is C[C@@]12C(=O)N(c3cccc(C(F)(F)F)c3)C(=S)N1C1C=CC2C1. The fraction of sp³-hybridized carbons (Fsp3) is 0.375. The number of carbonyl (C=O) groups is 1. The van der Waals surface area contributed by atoms with Crippen LogP contribution in [0.4, 0.5) is 18.9 Å². The Morgan fingerprint density at radius 1 is 1.30 bits per heavy atom. The van der Waals surface area contributed by atoms with Gasteiger partial charge in [0.1, 0.15) is 5.54 Å². The van der Waals surface area contributed by atoms with Gasteiger partial charge in [0.2, 0.25) is 0 Å². The van der Waals surface area contributed by atoms with Crippen molar-refractivity contribution in [3.63, 3.8) is 0 Å². The van der Waals surface area contributed by atoms with Gasteiger partial charge in [0.05, 0.1) is 17.3 Å². The predicted octanol–water partition coefficient (Wildman–Crippen LogP) is 3.36. The van der Waals surface area contributed by atoms with Crippen LogP contribution in [0.15, 0.2) is 36.4 Å². The minimum absolute atomic E-state index is 0.0498. The molecule has 3 nitrogen and oxygen atoms in total. The first-order chi connectivity index (χ1) is 10.7. The number of anilines is 1. The molecular formula is C16H13F3N2OS. The molecule has 2 fully saturated rings. The molecule has 1 aromatic carbocycles. The Bertz CT molecular complexity index is 760. The number of fused-ring (bicyclic) bond motifs is 5. The first-order valence-electron chi connectivity index (χ1n) is 7.28. The summed E-state index contributed by atoms with van der Waals surface area (Å²) in [6, 6.07) is 4.80. The van der Waals surface area contributed by atoms with E-state index in [4.69, 9.17) is 12.2 Å². The topological polar surface area (TPSA) is 23.6 Å². The molecule has 0 aromatic heterocycles. The third kappa shape index (κ3) is 1.77. The van der Waals surface area contributed by atoms with Gasteiger partial charge in [0, 0.05) is 5.92 Å². The highest BCUT2D eigenvalue weighted by molar-refractivity contribution is 7.80. The minimum Gasteiger partial charge on any atom is -0.327 e. The van der Waals surface area contributed by atoms with Gasteiger partial charge in [-0.25, -0.2) is 0 Å². The second kappa shape index (κ2) is 4.35. The van der Waals surface area contributed by atoms with E-state index in [-0.39, 0.29) is 28.7 Å². The number of amides is 1. The van der Waals surface area contributed by atoms with E-state index in [2.05, 4.69) is 0 Å². The Morgan fingerprint density at radius 2 is 2.04 bits per heavy atom. The van der Waals surface area contributed by atoms with Crippen LogP contribution in [0, 0.1) is 5.92 Å². The molecule has 0 spiro atoms. The zero-order valence-electron chi connectivity index (χ0n) is 12.2. The minimum atomic E-state index is -4.46. The molecule has 1 aromatic rings. The van der Waals surface area contributed by atoms with Crippen LogP contribution in [0.1, 0.15) is 18.9 Å². The van der Waals surface area contributed by atoms with Gasteiger partial charge in [-0.3, -0.25) is 9.69 Å². The number of alkyl halides is 3. The van der Waals surface area contributed by atoms with Crippen molar-refractivity contribution in [3.05, 3.63) is 42.0 Å². The van der Waals surface area contributed by atoms with Crippen molar-refractivity contribution >= 4 is 28.9 Å². The van der Waals surface area contributed by atoms with Crippen molar-refractivity contribution in [2.45, 2.75) is 31.1 Å². The van der Waals surface area contributed by atoms with Gasteiger partial charge in [-0.1, -0.05) is 18.2 Å². The molecule has 3 atom stereocenters. The summed E-state index contributed by atoms with van der Waals surface area (Å²) in [4.78, 5) is 16.1. The first-order valence-corrected chi connectivity index (χ1v) is 7.69. The lowest BCUT2D eigenvalue weighted by molar-refractivity contribution is -0.137. The second-order valence-electron chi connectivity index (χ2n) is 6.28. The Kier molecular flexibility index (Phi) is 2.77. The number of hydrogen-bond acceptors (Lipinski definition) is 2. The molecule has 2 heterocycles. The summed E-state index contributed by atoms with van der Waals surface area (Å²) in [7, 11) is 0. The van der Waals surface area contributed by atoms with E-state index in [1.165, 1.54) is 17.0 Å². The second-order valence-corrected chi connectivity index (χ2v) is 6.65. The molecule has 0 N–H and O–H groups in total. The first kappa shape index (κ1) is 14.7. The number of halogens is 3. The van der Waals surface area contributed by atoms with Crippen LogP contribution in [-0.2, 0) is 11.0 Å². The van der Waals surface area contributed by atoms with E-state index < -0.39 is 17.3 Å². The fourth-order valence-electron chi connectivity index (χ4n) is 3.88. The molecule has 1 aliphatic carbocycles. The number of nitrogens with zero attached hydrogens (tertiary/aromatic N) is 2. The van der Waals surface area contributed by atoms with Crippen LogP contribution in [0.3, 0.4) is 0 Å². The number of benzene rings is 1. The number of rotatable bonds is 1. The van der Waals surface area contributed by atoms with E-state index in [9.17, 15) is 18.0 Å². The van der Waals surface area contributed by atoms with Crippen LogP contribution in [0.25, 0.3) is 0 Å². The van der Waals surface area contributed by atoms with Crippen molar-refractivity contribution < 1.29 is 18.0 Å². The molecule has 23 heavy (non-hydrogen) atoms. The molecular weight excluding hydrogens is 325 g/mol. The maximum atomic E-state index is 13.0. The van der Waals surface area contributed by atoms with E-state index in [0.717, 1.165) is 18.6 Å². The number of thiocarbonyl (C=S) groups is 1. The van der Waals surface area contributed by atoms with Crippen LogP contribution in [0.5, 0.6) is 0 Å². The van der Waals surface area contributed by atoms with Crippen molar-refractivity contribution in [2.75, 3.05) is 4.90 Å². The number of carbonyl (C=O) groups excluding carboxylic acids is 1. The lowest BCUT2D eigenvalue weighted by Gasteiger charge is -2.33. The maximum Gasteiger partial charge on any atom is 0.416 e. The molecule has 2 unspecified atom stereocenters.